The molecule has 2 amide bonds. The molecule has 6 rings (SSSR count). The number of fused-ring (bicyclic) bond motifs is 3. The van der Waals surface area contributed by atoms with Crippen molar-refractivity contribution in [3.8, 4) is 5.75 Å². The van der Waals surface area contributed by atoms with E-state index in [-0.39, 0.29) is 28.9 Å². The molecule has 1 N–H and O–H groups in total. The highest BCUT2D eigenvalue weighted by Crippen LogP contribution is 2.42. The number of allylic oxidation sites excluding steroid dienone is 1. The predicted octanol–water partition coefficient (Wildman–Crippen LogP) is 7.55. The maximum Gasteiger partial charge on any atom is 0.286 e. The van der Waals surface area contributed by atoms with Crippen LogP contribution in [-0.4, -0.2) is 48.1 Å². The molecule has 2 aromatic carbocycles. The van der Waals surface area contributed by atoms with Gasteiger partial charge in [-0.05, 0) is 111 Å². The van der Waals surface area contributed by atoms with Gasteiger partial charge in [-0.25, -0.2) is 4.21 Å². The van der Waals surface area contributed by atoms with Crippen LogP contribution in [-0.2, 0) is 27.6 Å². The monoisotopic (exact) mass is 693 g/mol. The molecule has 5 atom stereocenters. The molecule has 3 heterocycles. The van der Waals surface area contributed by atoms with Gasteiger partial charge in [-0.2, -0.15) is 0 Å². The van der Waals surface area contributed by atoms with Gasteiger partial charge >= 0.3 is 0 Å². The van der Waals surface area contributed by atoms with Crippen molar-refractivity contribution in [2.75, 3.05) is 30.9 Å². The summed E-state index contributed by atoms with van der Waals surface area (Å²) in [5.74, 6) is 0.485. The Morgan fingerprint density at radius 3 is 2.73 bits per heavy atom. The van der Waals surface area contributed by atoms with Gasteiger partial charge in [-0.3, -0.25) is 14.3 Å². The summed E-state index contributed by atoms with van der Waals surface area (Å²) in [6.07, 6.45) is 10.8. The van der Waals surface area contributed by atoms with E-state index in [2.05, 4.69) is 38.3 Å². The van der Waals surface area contributed by atoms with Gasteiger partial charge < -0.3 is 18.8 Å². The fraction of sp³-hybridized carbons (Fsp3) is 0.459. The number of carbonyl (C=O) groups excluding carboxylic acids is 2. The van der Waals surface area contributed by atoms with Gasteiger partial charge in [-0.15, -0.1) is 4.36 Å². The number of rotatable bonds is 3. The molecule has 1 unspecified atom stereocenters. The summed E-state index contributed by atoms with van der Waals surface area (Å²) in [6, 6.07) is 12.9. The van der Waals surface area contributed by atoms with Crippen molar-refractivity contribution < 1.29 is 27.7 Å². The van der Waals surface area contributed by atoms with Crippen molar-refractivity contribution in [1.29, 1.82) is 0 Å². The number of halogens is 1. The predicted molar refractivity (Wildman–Crippen MR) is 188 cm³/mol. The Morgan fingerprint density at radius 2 is 1.98 bits per heavy atom. The van der Waals surface area contributed by atoms with Gasteiger partial charge in [0.05, 0.1) is 29.7 Å². The lowest BCUT2D eigenvalue weighted by Gasteiger charge is -2.43. The topological polar surface area (TPSA) is 110 Å². The van der Waals surface area contributed by atoms with E-state index in [0.717, 1.165) is 44.3 Å². The van der Waals surface area contributed by atoms with E-state index in [0.29, 0.717) is 47.9 Å². The lowest BCUT2D eigenvalue weighted by Crippen LogP contribution is -2.43. The fourth-order valence-corrected chi connectivity index (χ4v) is 9.03. The number of methoxy groups -OCH3 is 1. The largest absolute Gasteiger partial charge is 0.491 e. The van der Waals surface area contributed by atoms with Crippen molar-refractivity contribution in [3.63, 3.8) is 0 Å². The van der Waals surface area contributed by atoms with Crippen molar-refractivity contribution in [3.05, 3.63) is 93.9 Å². The first-order chi connectivity index (χ1) is 23.1. The molecule has 3 aromatic rings. The Bertz CT molecular complexity index is 1810. The first-order valence-electron chi connectivity index (χ1n) is 16.8. The van der Waals surface area contributed by atoms with Crippen LogP contribution in [0.2, 0.25) is 5.02 Å². The zero-order valence-electron chi connectivity index (χ0n) is 27.8. The van der Waals surface area contributed by atoms with Crippen LogP contribution in [0.3, 0.4) is 0 Å². The Labute approximate surface area is 288 Å². The molecule has 11 heteroatoms. The second kappa shape index (κ2) is 14.9. The highest BCUT2D eigenvalue weighted by Gasteiger charge is 2.38. The third kappa shape index (κ3) is 7.98. The van der Waals surface area contributed by atoms with Crippen LogP contribution in [0.4, 0.5) is 5.69 Å². The maximum atomic E-state index is 14.4. The van der Waals surface area contributed by atoms with E-state index in [1.54, 1.807) is 32.2 Å². The van der Waals surface area contributed by atoms with E-state index < -0.39 is 21.7 Å². The van der Waals surface area contributed by atoms with Gasteiger partial charge in [0.2, 0.25) is 0 Å². The van der Waals surface area contributed by atoms with Gasteiger partial charge in [-0.1, -0.05) is 36.7 Å². The van der Waals surface area contributed by atoms with Crippen LogP contribution in [0.25, 0.3) is 0 Å². The fourth-order valence-electron chi connectivity index (χ4n) is 6.94. The number of nitrogens with one attached hydrogen (secondary N) is 1. The van der Waals surface area contributed by atoms with Crippen LogP contribution in [0.1, 0.15) is 76.6 Å². The molecule has 256 valence electrons. The smallest absolute Gasteiger partial charge is 0.286 e. The Hall–Kier alpha value is -3.60. The number of hydrogen-bond donors (Lipinski definition) is 1. The molecular weight excluding hydrogens is 650 g/mol. The van der Waals surface area contributed by atoms with Crippen LogP contribution in [0.5, 0.6) is 5.75 Å². The number of aryl methyl sites for hydroxylation is 2. The molecule has 3 aliphatic rings. The summed E-state index contributed by atoms with van der Waals surface area (Å²) in [5.41, 5.74) is 3.65. The molecule has 0 saturated heterocycles. The van der Waals surface area contributed by atoms with Crippen LogP contribution >= 0.6 is 11.6 Å². The van der Waals surface area contributed by atoms with Gasteiger partial charge in [0.15, 0.2) is 0 Å². The van der Waals surface area contributed by atoms with Gasteiger partial charge in [0, 0.05) is 30.8 Å². The number of hydrogen-bond acceptors (Lipinski definition) is 7. The first kappa shape index (κ1) is 34.3. The van der Waals surface area contributed by atoms with Crippen molar-refractivity contribution >= 4 is 39.0 Å². The highest BCUT2D eigenvalue weighted by atomic mass is 35.5. The summed E-state index contributed by atoms with van der Waals surface area (Å²) in [5, 5.41) is 0.712. The average Bonchev–Trinajstić information content (AvgIpc) is 3.47. The quantitative estimate of drug-likeness (QED) is 0.282. The molecule has 1 saturated carbocycles. The first-order valence-corrected chi connectivity index (χ1v) is 18.8. The zero-order chi connectivity index (χ0) is 33.8. The molecule has 1 aromatic heterocycles. The minimum atomic E-state index is -3.53. The minimum Gasteiger partial charge on any atom is -0.491 e. The molecule has 2 aliphatic heterocycles. The number of ether oxygens (including phenoxy) is 2. The summed E-state index contributed by atoms with van der Waals surface area (Å²) in [6.45, 7) is 5.52. The Kier molecular flexibility index (Phi) is 10.6. The lowest BCUT2D eigenvalue weighted by atomic mass is 9.70. The summed E-state index contributed by atoms with van der Waals surface area (Å²) >= 11 is 6.45. The SMILES string of the molecule is CO[C@H]1/C=C/C[C@H](C)CS(=O)(NC(=O)c2coc(C)c2)=NC(=O)c2ccc3c(c2)N(Cc2ccc(Cl)cc2CCCCO3)C[C@@H]2CC[C@H]21. The van der Waals surface area contributed by atoms with E-state index in [4.69, 9.17) is 25.5 Å². The van der Waals surface area contributed by atoms with Crippen LogP contribution in [0, 0.1) is 24.7 Å². The second-order valence-electron chi connectivity index (χ2n) is 13.3. The molecule has 1 aliphatic carbocycles. The van der Waals surface area contributed by atoms with E-state index >= 15 is 0 Å². The van der Waals surface area contributed by atoms with Crippen LogP contribution in [0.15, 0.2) is 69.7 Å². The second-order valence-corrected chi connectivity index (χ2v) is 15.8. The van der Waals surface area contributed by atoms with E-state index in [1.165, 1.54) is 17.4 Å². The zero-order valence-corrected chi connectivity index (χ0v) is 29.4. The number of nitrogens with zero attached hydrogens (tertiary/aromatic N) is 2. The summed E-state index contributed by atoms with van der Waals surface area (Å²) in [4.78, 5) is 29.4. The molecule has 0 radical (unpaired) electrons. The van der Waals surface area contributed by atoms with Crippen molar-refractivity contribution in [2.24, 2.45) is 22.1 Å². The van der Waals surface area contributed by atoms with Crippen molar-refractivity contribution in [1.82, 2.24) is 4.72 Å². The number of furan rings is 1. The number of carbonyl (C=O) groups is 2. The number of anilines is 1. The standard InChI is InChI=1S/C37H44ClN3O6S/c1-24-7-6-9-34(45-3)32-14-11-29(32)21-41-20-28-10-13-31(38)18-26(28)8-4-5-16-46-35-15-12-27(19-33(35)41)36(42)39-48(44,23-24)40-37(43)30-17-25(2)47-22-30/h6,9-10,12-13,15,17-19,22,24,29,32,34H,4-5,7-8,11,14,16,20-21,23H2,1-3H3,(H,39,40,42,43,44)/b9-6+/t24-,29-,32+,34-,48?/m0/s1. The Balaban J connectivity index is 1.45. The molecule has 2 bridgehead atoms. The maximum absolute atomic E-state index is 14.4. The molecule has 0 spiro atoms. The third-order valence-electron chi connectivity index (χ3n) is 9.65. The third-order valence-corrected chi connectivity index (χ3v) is 11.9. The van der Waals surface area contributed by atoms with E-state index in [9.17, 15) is 13.8 Å². The molecule has 1 fully saturated rings. The molecule has 48 heavy (non-hydrogen) atoms. The minimum absolute atomic E-state index is 0.00508. The van der Waals surface area contributed by atoms with Crippen LogP contribution < -0.4 is 14.4 Å². The molecular formula is C37H44ClN3O6S. The van der Waals surface area contributed by atoms with Gasteiger partial charge in [0.1, 0.15) is 27.7 Å². The van der Waals surface area contributed by atoms with E-state index in [1.807, 2.05) is 19.1 Å². The normalized spacial score (nSPS) is 27.2. The lowest BCUT2D eigenvalue weighted by molar-refractivity contribution is 0.0133. The Morgan fingerprint density at radius 1 is 1.12 bits per heavy atom. The number of amides is 2. The molecule has 9 nitrogen and oxygen atoms in total. The number of benzene rings is 2. The van der Waals surface area contributed by atoms with Gasteiger partial charge in [0.25, 0.3) is 11.8 Å². The van der Waals surface area contributed by atoms with Crippen molar-refractivity contribution in [2.45, 2.75) is 65.0 Å². The highest BCUT2D eigenvalue weighted by molar-refractivity contribution is 7.92. The average molecular weight is 694 g/mol. The summed E-state index contributed by atoms with van der Waals surface area (Å²) in [7, 11) is -1.78. The summed E-state index contributed by atoms with van der Waals surface area (Å²) < 4.78 is 38.9.